The molecule has 0 spiro atoms. The van der Waals surface area contributed by atoms with Gasteiger partial charge in [-0.25, -0.2) is 0 Å². The molecule has 1 aromatic carbocycles. The number of carbonyl (C=O) groups is 2. The summed E-state index contributed by atoms with van der Waals surface area (Å²) in [6, 6.07) is 3.86. The summed E-state index contributed by atoms with van der Waals surface area (Å²) in [5.41, 5.74) is 2.12. The van der Waals surface area contributed by atoms with Gasteiger partial charge in [0.1, 0.15) is 5.75 Å². The molecule has 1 aliphatic heterocycles. The summed E-state index contributed by atoms with van der Waals surface area (Å²) >= 11 is 1.37. The molecular weight excluding hydrogens is 334 g/mol. The van der Waals surface area contributed by atoms with E-state index in [-0.39, 0.29) is 22.6 Å². The molecule has 0 bridgehead atoms. The average molecular weight is 362 g/mol. The van der Waals surface area contributed by atoms with Gasteiger partial charge in [0.05, 0.1) is 10.8 Å². The molecule has 136 valence electrons. The number of aromatic hydroxyl groups is 1. The highest BCUT2D eigenvalue weighted by Gasteiger charge is 2.30. The van der Waals surface area contributed by atoms with Gasteiger partial charge in [-0.2, -0.15) is 0 Å². The van der Waals surface area contributed by atoms with Crippen LogP contribution in [0.4, 0.5) is 0 Å². The molecule has 2 rings (SSSR count). The molecule has 1 heterocycles. The smallest absolute Gasteiger partial charge is 0.267 e. The van der Waals surface area contributed by atoms with Crippen molar-refractivity contribution in [3.63, 3.8) is 0 Å². The second-order valence-electron chi connectivity index (χ2n) is 8.50. The van der Waals surface area contributed by atoms with E-state index in [2.05, 4.69) is 41.5 Å². The second-order valence-corrected chi connectivity index (χ2v) is 9.49. The Balaban J connectivity index is 2.58. The minimum atomic E-state index is -0.250. The number of hydrogen-bond donors (Lipinski definition) is 1. The Labute approximate surface area is 154 Å². The first-order chi connectivity index (χ1) is 11.3. The first-order valence-corrected chi connectivity index (χ1v) is 9.36. The van der Waals surface area contributed by atoms with Crippen molar-refractivity contribution < 1.29 is 14.7 Å². The Morgan fingerprint density at radius 1 is 1.12 bits per heavy atom. The Kier molecular flexibility index (Phi) is 5.11. The number of hydrogen-bond acceptors (Lipinski definition) is 4. The summed E-state index contributed by atoms with van der Waals surface area (Å²) in [4.78, 5) is 25.6. The van der Waals surface area contributed by atoms with Crippen molar-refractivity contribution in [2.75, 3.05) is 5.88 Å². The zero-order chi connectivity index (χ0) is 19.2. The van der Waals surface area contributed by atoms with Crippen LogP contribution < -0.4 is 0 Å². The summed E-state index contributed by atoms with van der Waals surface area (Å²) < 4.78 is 0. The van der Waals surface area contributed by atoms with Gasteiger partial charge in [-0.1, -0.05) is 53.3 Å². The lowest BCUT2D eigenvalue weighted by Gasteiger charge is -2.28. The van der Waals surface area contributed by atoms with Crippen LogP contribution in [0.2, 0.25) is 0 Å². The lowest BCUT2D eigenvalue weighted by Crippen LogP contribution is -2.29. The van der Waals surface area contributed by atoms with Crippen LogP contribution in [0.5, 0.6) is 5.75 Å². The number of carbonyl (C=O) groups excluding carboxylic acids is 2. The van der Waals surface area contributed by atoms with E-state index in [9.17, 15) is 14.7 Å². The number of phenolic OH excluding ortho intramolecular Hbond substituents is 1. The Bertz CT molecular complexity index is 716. The second kappa shape index (κ2) is 6.52. The number of phenols is 1. The van der Waals surface area contributed by atoms with Crippen LogP contribution in [-0.2, 0) is 20.4 Å². The van der Waals surface area contributed by atoms with Crippen molar-refractivity contribution in [3.8, 4) is 5.75 Å². The highest BCUT2D eigenvalue weighted by atomic mass is 32.2. The molecule has 4 nitrogen and oxygen atoms in total. The van der Waals surface area contributed by atoms with E-state index in [1.807, 2.05) is 18.2 Å². The average Bonchev–Trinajstić information content (AvgIpc) is 2.79. The maximum atomic E-state index is 12.3. The van der Waals surface area contributed by atoms with E-state index in [1.54, 1.807) is 0 Å². The minimum absolute atomic E-state index is 0.225. The lowest BCUT2D eigenvalue weighted by molar-refractivity contribution is -0.138. The first kappa shape index (κ1) is 19.6. The highest BCUT2D eigenvalue weighted by Crippen LogP contribution is 2.41. The third-order valence-electron chi connectivity index (χ3n) is 4.23. The molecule has 1 aromatic rings. The summed E-state index contributed by atoms with van der Waals surface area (Å²) in [6.45, 7) is 13.7. The van der Waals surface area contributed by atoms with E-state index in [4.69, 9.17) is 0 Å². The fourth-order valence-electron chi connectivity index (χ4n) is 2.76. The van der Waals surface area contributed by atoms with Crippen LogP contribution in [0.1, 0.15) is 65.2 Å². The van der Waals surface area contributed by atoms with Gasteiger partial charge in [0.15, 0.2) is 0 Å². The third-order valence-corrected chi connectivity index (χ3v) is 5.22. The fraction of sp³-hybridized carbons (Fsp3) is 0.500. The van der Waals surface area contributed by atoms with E-state index in [1.165, 1.54) is 23.6 Å². The zero-order valence-electron chi connectivity index (χ0n) is 16.1. The first-order valence-electron chi connectivity index (χ1n) is 8.37. The summed E-state index contributed by atoms with van der Waals surface area (Å²) in [7, 11) is 0. The van der Waals surface area contributed by atoms with Gasteiger partial charge in [-0.05, 0) is 34.6 Å². The van der Waals surface area contributed by atoms with E-state index < -0.39 is 0 Å². The maximum Gasteiger partial charge on any atom is 0.267 e. The third kappa shape index (κ3) is 4.09. The monoisotopic (exact) mass is 361 g/mol. The zero-order valence-corrected chi connectivity index (χ0v) is 16.9. The lowest BCUT2D eigenvalue weighted by atomic mass is 9.78. The highest BCUT2D eigenvalue weighted by molar-refractivity contribution is 8.04. The Hall–Kier alpha value is -1.75. The summed E-state index contributed by atoms with van der Waals surface area (Å²) in [5, 5.41) is 10.8. The topological polar surface area (TPSA) is 57.6 Å². The van der Waals surface area contributed by atoms with Crippen LogP contribution in [-0.4, -0.2) is 27.7 Å². The van der Waals surface area contributed by atoms with Crippen molar-refractivity contribution in [3.05, 3.63) is 33.7 Å². The van der Waals surface area contributed by atoms with Gasteiger partial charge in [0, 0.05) is 18.1 Å². The molecular formula is C20H27NO3S. The SMILES string of the molecule is CC(=O)N1CS/C(=C/c2cc(C(C)(C)C)c(O)c(C(C)(C)C)c2)C1=O. The number of thioether (sulfide) groups is 1. The standard InChI is InChI=1S/C20H27NO3S/c1-12(22)21-11-25-16(18(21)24)10-13-8-14(19(2,3)4)17(23)15(9-13)20(5,6)7/h8-10,23H,11H2,1-7H3/b16-10+. The molecule has 5 heteroatoms. The number of rotatable bonds is 1. The molecule has 2 amide bonds. The van der Waals surface area contributed by atoms with Crippen LogP contribution in [0.15, 0.2) is 17.0 Å². The van der Waals surface area contributed by atoms with Crippen LogP contribution in [0, 0.1) is 0 Å². The fourth-order valence-corrected chi connectivity index (χ4v) is 3.78. The predicted octanol–water partition coefficient (Wildman–Crippen LogP) is 4.41. The van der Waals surface area contributed by atoms with Gasteiger partial charge in [0.2, 0.25) is 5.91 Å². The Morgan fingerprint density at radius 2 is 1.60 bits per heavy atom. The largest absolute Gasteiger partial charge is 0.507 e. The molecule has 0 aromatic heterocycles. The molecule has 0 unspecified atom stereocenters. The normalized spacial score (nSPS) is 17.5. The van der Waals surface area contributed by atoms with Crippen molar-refractivity contribution in [1.82, 2.24) is 4.90 Å². The van der Waals surface area contributed by atoms with Crippen LogP contribution >= 0.6 is 11.8 Å². The van der Waals surface area contributed by atoms with Crippen molar-refractivity contribution in [1.29, 1.82) is 0 Å². The molecule has 0 radical (unpaired) electrons. The molecule has 25 heavy (non-hydrogen) atoms. The molecule has 0 saturated carbocycles. The molecule has 0 aliphatic carbocycles. The van der Waals surface area contributed by atoms with E-state index in [0.717, 1.165) is 16.7 Å². The molecule has 0 atom stereocenters. The number of benzene rings is 1. The minimum Gasteiger partial charge on any atom is -0.507 e. The number of amides is 2. The quantitative estimate of drug-likeness (QED) is 0.753. The number of imide groups is 1. The van der Waals surface area contributed by atoms with Gasteiger partial charge in [-0.15, -0.1) is 0 Å². The summed E-state index contributed by atoms with van der Waals surface area (Å²) in [5.74, 6) is 0.187. The van der Waals surface area contributed by atoms with Crippen LogP contribution in [0.3, 0.4) is 0 Å². The van der Waals surface area contributed by atoms with Gasteiger partial charge in [0.25, 0.3) is 5.91 Å². The van der Waals surface area contributed by atoms with Crippen molar-refractivity contribution in [2.45, 2.75) is 59.3 Å². The van der Waals surface area contributed by atoms with Crippen molar-refractivity contribution in [2.24, 2.45) is 0 Å². The van der Waals surface area contributed by atoms with Crippen molar-refractivity contribution >= 4 is 29.7 Å². The Morgan fingerprint density at radius 3 is 1.96 bits per heavy atom. The molecule has 1 aliphatic rings. The van der Waals surface area contributed by atoms with Gasteiger partial charge in [-0.3, -0.25) is 14.5 Å². The van der Waals surface area contributed by atoms with E-state index in [0.29, 0.717) is 16.5 Å². The number of nitrogens with zero attached hydrogens (tertiary/aromatic N) is 1. The molecule has 1 saturated heterocycles. The predicted molar refractivity (Wildman–Crippen MR) is 103 cm³/mol. The molecule has 1 N–H and O–H groups in total. The van der Waals surface area contributed by atoms with Gasteiger partial charge >= 0.3 is 0 Å². The van der Waals surface area contributed by atoms with Crippen LogP contribution in [0.25, 0.3) is 6.08 Å². The van der Waals surface area contributed by atoms with Gasteiger partial charge < -0.3 is 5.11 Å². The van der Waals surface area contributed by atoms with E-state index >= 15 is 0 Å². The molecule has 1 fully saturated rings. The maximum absolute atomic E-state index is 12.3. The summed E-state index contributed by atoms with van der Waals surface area (Å²) in [6.07, 6.45) is 1.82.